The van der Waals surface area contributed by atoms with Crippen molar-refractivity contribution in [1.29, 1.82) is 0 Å². The van der Waals surface area contributed by atoms with Crippen molar-refractivity contribution in [3.8, 4) is 0 Å². The average molecular weight is 342 g/mol. The van der Waals surface area contributed by atoms with Gasteiger partial charge in [-0.3, -0.25) is 4.79 Å². The fourth-order valence-electron chi connectivity index (χ4n) is 3.69. The van der Waals surface area contributed by atoms with Gasteiger partial charge in [-0.05, 0) is 30.6 Å². The first kappa shape index (κ1) is 16.5. The lowest BCUT2D eigenvalue weighted by Crippen LogP contribution is -2.40. The number of carbonyl (C=O) groups excluding carboxylic acids is 1. The highest BCUT2D eigenvalue weighted by atomic mass is 35.5. The van der Waals surface area contributed by atoms with Crippen molar-refractivity contribution in [3.05, 3.63) is 65.1 Å². The SMILES string of the molecule is C=C/C=C1\C(=C/C)C2C[C@@H]1N(C(=O)c1n/c(=C(\Cl)C=C)c(=C)[nH]1)C2. The molecule has 4 nitrogen and oxygen atoms in total. The van der Waals surface area contributed by atoms with Crippen LogP contribution in [-0.4, -0.2) is 33.4 Å². The van der Waals surface area contributed by atoms with Gasteiger partial charge in [-0.2, -0.15) is 0 Å². The number of allylic oxidation sites excluding steroid dienone is 4. The van der Waals surface area contributed by atoms with Crippen LogP contribution in [0.2, 0.25) is 0 Å². The van der Waals surface area contributed by atoms with Crippen molar-refractivity contribution in [2.24, 2.45) is 5.92 Å². The van der Waals surface area contributed by atoms with Gasteiger partial charge in [0, 0.05) is 12.5 Å². The Hall–Kier alpha value is -2.33. The summed E-state index contributed by atoms with van der Waals surface area (Å²) in [5, 5.41) is 1.36. The molecule has 1 saturated heterocycles. The number of amides is 1. The number of nitrogens with zero attached hydrogens (tertiary/aromatic N) is 2. The van der Waals surface area contributed by atoms with Crippen molar-refractivity contribution in [2.45, 2.75) is 19.4 Å². The number of aromatic amines is 1. The number of H-pyrrole nitrogens is 1. The van der Waals surface area contributed by atoms with Gasteiger partial charge >= 0.3 is 0 Å². The summed E-state index contributed by atoms with van der Waals surface area (Å²) in [6.07, 6.45) is 8.36. The summed E-state index contributed by atoms with van der Waals surface area (Å²) in [6.45, 7) is 14.0. The van der Waals surface area contributed by atoms with E-state index in [0.717, 1.165) is 6.42 Å². The van der Waals surface area contributed by atoms with Crippen molar-refractivity contribution in [2.75, 3.05) is 6.54 Å². The molecule has 0 spiro atoms. The smallest absolute Gasteiger partial charge is 0.290 e. The van der Waals surface area contributed by atoms with Crippen molar-refractivity contribution >= 4 is 29.1 Å². The number of imidazole rings is 1. The van der Waals surface area contributed by atoms with E-state index in [1.807, 2.05) is 17.9 Å². The largest absolute Gasteiger partial charge is 0.334 e. The molecule has 1 saturated carbocycles. The molecule has 0 radical (unpaired) electrons. The molecule has 1 aromatic rings. The van der Waals surface area contributed by atoms with E-state index in [2.05, 4.69) is 35.8 Å². The molecule has 2 fully saturated rings. The van der Waals surface area contributed by atoms with Crippen molar-refractivity contribution < 1.29 is 4.79 Å². The summed E-state index contributed by atoms with van der Waals surface area (Å²) < 4.78 is 0. The lowest BCUT2D eigenvalue weighted by atomic mass is 9.96. The molecule has 5 heteroatoms. The van der Waals surface area contributed by atoms with E-state index < -0.39 is 0 Å². The topological polar surface area (TPSA) is 49.0 Å². The zero-order valence-electron chi connectivity index (χ0n) is 13.7. The van der Waals surface area contributed by atoms with E-state index in [1.54, 1.807) is 6.08 Å². The Kier molecular flexibility index (Phi) is 4.33. The zero-order valence-corrected chi connectivity index (χ0v) is 14.4. The van der Waals surface area contributed by atoms with Gasteiger partial charge in [0.2, 0.25) is 0 Å². The predicted octanol–water partition coefficient (Wildman–Crippen LogP) is 2.26. The summed E-state index contributed by atoms with van der Waals surface area (Å²) in [7, 11) is 0. The number of nitrogens with one attached hydrogen (secondary N) is 1. The summed E-state index contributed by atoms with van der Waals surface area (Å²) in [6, 6.07) is 0.0763. The Morgan fingerprint density at radius 1 is 1.42 bits per heavy atom. The van der Waals surface area contributed by atoms with Crippen molar-refractivity contribution in [1.82, 2.24) is 14.9 Å². The molecule has 24 heavy (non-hydrogen) atoms. The second-order valence-corrected chi connectivity index (χ2v) is 6.38. The molecular weight excluding hydrogens is 322 g/mol. The van der Waals surface area contributed by atoms with Gasteiger partial charge in [0.15, 0.2) is 5.82 Å². The number of piperidine rings is 1. The minimum Gasteiger partial charge on any atom is -0.334 e. The number of aromatic nitrogens is 2. The number of hydrogen-bond acceptors (Lipinski definition) is 2. The van der Waals surface area contributed by atoms with Crippen LogP contribution in [0.25, 0.3) is 11.6 Å². The maximum Gasteiger partial charge on any atom is 0.290 e. The first-order chi connectivity index (χ1) is 11.5. The fourth-order valence-corrected chi connectivity index (χ4v) is 3.84. The molecule has 2 aliphatic rings. The van der Waals surface area contributed by atoms with Crippen LogP contribution < -0.4 is 10.7 Å². The highest BCUT2D eigenvalue weighted by Crippen LogP contribution is 2.45. The number of halogens is 1. The molecule has 0 aromatic carbocycles. The Bertz CT molecular complexity index is 890. The van der Waals surface area contributed by atoms with Crippen LogP contribution in [0.1, 0.15) is 24.0 Å². The molecule has 1 aliphatic heterocycles. The quantitative estimate of drug-likeness (QED) is 0.916. The number of carbonyl (C=O) groups is 1. The van der Waals surface area contributed by atoms with E-state index >= 15 is 0 Å². The first-order valence-corrected chi connectivity index (χ1v) is 8.27. The van der Waals surface area contributed by atoms with Gasteiger partial charge in [-0.15, -0.1) is 0 Å². The van der Waals surface area contributed by atoms with E-state index in [4.69, 9.17) is 11.6 Å². The molecule has 2 heterocycles. The van der Waals surface area contributed by atoms with Gasteiger partial charge < -0.3 is 9.88 Å². The van der Waals surface area contributed by atoms with Crippen LogP contribution in [0.4, 0.5) is 0 Å². The van der Waals surface area contributed by atoms with Crippen LogP contribution in [0.3, 0.4) is 0 Å². The molecule has 1 unspecified atom stereocenters. The number of fused-ring (bicyclic) bond motifs is 2. The van der Waals surface area contributed by atoms with Gasteiger partial charge in [-0.25, -0.2) is 4.98 Å². The monoisotopic (exact) mass is 341 g/mol. The molecule has 1 N–H and O–H groups in total. The van der Waals surface area contributed by atoms with Crippen LogP contribution >= 0.6 is 11.6 Å². The third kappa shape index (κ3) is 2.47. The number of rotatable bonds is 3. The summed E-state index contributed by atoms with van der Waals surface area (Å²) >= 11 is 6.06. The molecule has 124 valence electrons. The van der Waals surface area contributed by atoms with E-state index in [1.165, 1.54) is 17.2 Å². The van der Waals surface area contributed by atoms with Crippen LogP contribution in [0.5, 0.6) is 0 Å². The molecule has 1 aliphatic carbocycles. The van der Waals surface area contributed by atoms with E-state index in [9.17, 15) is 4.79 Å². The standard InChI is InChI=1S/C19H20ClN3O/c1-5-8-14-13(6-2)12-9-16(14)23(10-12)19(24)18-21-11(4)17(22-18)15(20)7-3/h5-8,12,16H,1,3-4,9-10H2,2H3,(H,21,22)/b13-6-,14-8+,17-15-/t12?,16-/m0/s1. The van der Waals surface area contributed by atoms with Crippen molar-refractivity contribution in [3.63, 3.8) is 0 Å². The lowest BCUT2D eigenvalue weighted by molar-refractivity contribution is 0.0734. The molecule has 2 atom stereocenters. The molecule has 3 rings (SSSR count). The van der Waals surface area contributed by atoms with Crippen LogP contribution in [0, 0.1) is 5.92 Å². The van der Waals surface area contributed by atoms with Gasteiger partial charge in [-0.1, -0.05) is 49.6 Å². The Labute approximate surface area is 146 Å². The van der Waals surface area contributed by atoms with Gasteiger partial charge in [0.05, 0.1) is 16.4 Å². The summed E-state index contributed by atoms with van der Waals surface area (Å²) in [5.74, 6) is 0.520. The number of hydrogen-bond donors (Lipinski definition) is 1. The average Bonchev–Trinajstić information content (AvgIpc) is 3.26. The minimum absolute atomic E-state index is 0.0763. The molecule has 2 bridgehead atoms. The fraction of sp³-hybridized carbons (Fsp3) is 0.263. The second-order valence-electron chi connectivity index (χ2n) is 5.97. The van der Waals surface area contributed by atoms with E-state index in [-0.39, 0.29) is 17.8 Å². The maximum atomic E-state index is 12.9. The highest BCUT2D eigenvalue weighted by Gasteiger charge is 2.46. The highest BCUT2D eigenvalue weighted by molar-refractivity contribution is 6.47. The third-order valence-electron chi connectivity index (χ3n) is 4.69. The molecular formula is C19H20ClN3O. The Morgan fingerprint density at radius 3 is 2.79 bits per heavy atom. The van der Waals surface area contributed by atoms with Crippen LogP contribution in [-0.2, 0) is 0 Å². The summed E-state index contributed by atoms with van der Waals surface area (Å²) in [4.78, 5) is 22.0. The number of likely N-dealkylation sites (tertiary alicyclic amines) is 1. The second kappa shape index (κ2) is 6.29. The lowest BCUT2D eigenvalue weighted by Gasteiger charge is -2.30. The van der Waals surface area contributed by atoms with Gasteiger partial charge in [0.25, 0.3) is 5.91 Å². The Balaban J connectivity index is 1.96. The third-order valence-corrected chi connectivity index (χ3v) is 5.02. The minimum atomic E-state index is -0.128. The maximum absolute atomic E-state index is 12.9. The first-order valence-electron chi connectivity index (χ1n) is 7.89. The van der Waals surface area contributed by atoms with Crippen LogP contribution in [0.15, 0.2) is 48.6 Å². The zero-order chi connectivity index (χ0) is 17.4. The van der Waals surface area contributed by atoms with Gasteiger partial charge in [0.1, 0.15) is 5.35 Å². The predicted molar refractivity (Wildman–Crippen MR) is 97.8 cm³/mol. The van der Waals surface area contributed by atoms with E-state index in [0.29, 0.717) is 28.2 Å². The molecule has 1 aromatic heterocycles. The Morgan fingerprint density at radius 2 is 2.17 bits per heavy atom. The molecule has 1 amide bonds. The summed E-state index contributed by atoms with van der Waals surface area (Å²) in [5.41, 5.74) is 2.50. The normalized spacial score (nSPS) is 27.0.